The van der Waals surface area contributed by atoms with Gasteiger partial charge < -0.3 is 15.2 Å². The summed E-state index contributed by atoms with van der Waals surface area (Å²) in [5.41, 5.74) is 2.15. The van der Waals surface area contributed by atoms with E-state index in [0.29, 0.717) is 36.0 Å². The Balaban J connectivity index is 1.87. The SMILES string of the molecule is CC(C)CNC(=O)c1nc(C(=O)Nc2cccc(C#N)c2)n2c1CCCC2. The van der Waals surface area contributed by atoms with Crippen LogP contribution in [-0.2, 0) is 13.0 Å². The maximum absolute atomic E-state index is 12.8. The minimum atomic E-state index is -0.379. The van der Waals surface area contributed by atoms with Gasteiger partial charge in [-0.25, -0.2) is 4.98 Å². The molecule has 27 heavy (non-hydrogen) atoms. The largest absolute Gasteiger partial charge is 0.350 e. The van der Waals surface area contributed by atoms with E-state index >= 15 is 0 Å². The molecule has 0 unspecified atom stereocenters. The standard InChI is InChI=1S/C20H23N5O2/c1-13(2)12-22-19(26)17-16-8-3-4-9-25(16)18(24-17)20(27)23-15-7-5-6-14(10-15)11-21/h5-7,10,13H,3-4,8-9,12H2,1-2H3,(H,22,26)(H,23,27). The summed E-state index contributed by atoms with van der Waals surface area (Å²) in [4.78, 5) is 29.7. The zero-order valence-corrected chi connectivity index (χ0v) is 15.6. The van der Waals surface area contributed by atoms with E-state index in [0.717, 1.165) is 25.0 Å². The molecule has 0 radical (unpaired) electrons. The van der Waals surface area contributed by atoms with Crippen molar-refractivity contribution in [2.24, 2.45) is 5.92 Å². The van der Waals surface area contributed by atoms with E-state index in [2.05, 4.69) is 15.6 Å². The number of nitrogens with one attached hydrogen (secondary N) is 2. The van der Waals surface area contributed by atoms with Crippen molar-refractivity contribution in [3.8, 4) is 6.07 Å². The molecule has 1 aliphatic heterocycles. The summed E-state index contributed by atoms with van der Waals surface area (Å²) in [5, 5.41) is 14.7. The molecule has 1 aliphatic rings. The third-order valence-electron chi connectivity index (χ3n) is 4.46. The normalized spacial score (nSPS) is 13.0. The molecule has 2 N–H and O–H groups in total. The van der Waals surface area contributed by atoms with E-state index < -0.39 is 0 Å². The second kappa shape index (κ2) is 8.04. The van der Waals surface area contributed by atoms with Crippen LogP contribution >= 0.6 is 0 Å². The van der Waals surface area contributed by atoms with Crippen LogP contribution in [0.3, 0.4) is 0 Å². The number of benzene rings is 1. The second-order valence-electron chi connectivity index (χ2n) is 7.09. The number of nitrogens with zero attached hydrogens (tertiary/aromatic N) is 3. The molecule has 0 fully saturated rings. The molecule has 2 amide bonds. The van der Waals surface area contributed by atoms with Crippen LogP contribution in [-0.4, -0.2) is 27.9 Å². The number of carbonyl (C=O) groups is 2. The fourth-order valence-corrected chi connectivity index (χ4v) is 3.13. The Morgan fingerprint density at radius 2 is 2.11 bits per heavy atom. The molecule has 1 aromatic heterocycles. The van der Waals surface area contributed by atoms with Crippen molar-refractivity contribution in [1.82, 2.24) is 14.9 Å². The first-order valence-corrected chi connectivity index (χ1v) is 9.18. The van der Waals surface area contributed by atoms with Crippen LogP contribution < -0.4 is 10.6 Å². The van der Waals surface area contributed by atoms with Crippen molar-refractivity contribution >= 4 is 17.5 Å². The van der Waals surface area contributed by atoms with Crippen LogP contribution in [0.5, 0.6) is 0 Å². The molecule has 0 saturated heterocycles. The molecule has 0 saturated carbocycles. The quantitative estimate of drug-likeness (QED) is 0.851. The zero-order chi connectivity index (χ0) is 19.4. The highest BCUT2D eigenvalue weighted by molar-refractivity contribution is 6.03. The van der Waals surface area contributed by atoms with Crippen molar-refractivity contribution in [2.45, 2.75) is 39.7 Å². The first kappa shape index (κ1) is 18.6. The summed E-state index contributed by atoms with van der Waals surface area (Å²) in [5.74, 6) is -0.0413. The summed E-state index contributed by atoms with van der Waals surface area (Å²) in [6, 6.07) is 8.75. The lowest BCUT2D eigenvalue weighted by molar-refractivity contribution is 0.0943. The minimum absolute atomic E-state index is 0.236. The van der Waals surface area contributed by atoms with Crippen molar-refractivity contribution < 1.29 is 9.59 Å². The third-order valence-corrected chi connectivity index (χ3v) is 4.46. The number of imidazole rings is 1. The monoisotopic (exact) mass is 365 g/mol. The molecule has 7 nitrogen and oxygen atoms in total. The highest BCUT2D eigenvalue weighted by Crippen LogP contribution is 2.22. The average molecular weight is 365 g/mol. The Labute approximate surface area is 158 Å². The number of hydrogen-bond donors (Lipinski definition) is 2. The minimum Gasteiger partial charge on any atom is -0.350 e. The molecular formula is C20H23N5O2. The van der Waals surface area contributed by atoms with Gasteiger partial charge in [0.25, 0.3) is 11.8 Å². The Kier molecular flexibility index (Phi) is 5.55. The van der Waals surface area contributed by atoms with Crippen molar-refractivity contribution in [3.63, 3.8) is 0 Å². The van der Waals surface area contributed by atoms with Crippen LogP contribution in [0.4, 0.5) is 5.69 Å². The first-order chi connectivity index (χ1) is 13.0. The van der Waals surface area contributed by atoms with E-state index in [4.69, 9.17) is 5.26 Å². The molecule has 0 aliphatic carbocycles. The van der Waals surface area contributed by atoms with Gasteiger partial charge in [-0.05, 0) is 43.4 Å². The van der Waals surface area contributed by atoms with Crippen LogP contribution in [0.25, 0.3) is 0 Å². The topological polar surface area (TPSA) is 99.8 Å². The number of anilines is 1. The molecular weight excluding hydrogens is 342 g/mol. The van der Waals surface area contributed by atoms with Gasteiger partial charge in [0.15, 0.2) is 5.82 Å². The van der Waals surface area contributed by atoms with Crippen LogP contribution in [0.15, 0.2) is 24.3 Å². The predicted molar refractivity (Wildman–Crippen MR) is 101 cm³/mol. The van der Waals surface area contributed by atoms with E-state index in [1.54, 1.807) is 24.3 Å². The summed E-state index contributed by atoms with van der Waals surface area (Å²) < 4.78 is 1.84. The van der Waals surface area contributed by atoms with Crippen LogP contribution in [0.2, 0.25) is 0 Å². The van der Waals surface area contributed by atoms with Crippen molar-refractivity contribution in [3.05, 3.63) is 47.0 Å². The van der Waals surface area contributed by atoms with E-state index in [-0.39, 0.29) is 17.6 Å². The molecule has 140 valence electrons. The molecule has 0 bridgehead atoms. The number of carbonyl (C=O) groups excluding carboxylic acids is 2. The molecule has 2 heterocycles. The van der Waals surface area contributed by atoms with Gasteiger partial charge in [-0.3, -0.25) is 9.59 Å². The highest BCUT2D eigenvalue weighted by atomic mass is 16.2. The third kappa shape index (κ3) is 4.17. The van der Waals surface area contributed by atoms with Gasteiger partial charge in [-0.2, -0.15) is 5.26 Å². The van der Waals surface area contributed by atoms with E-state index in [1.807, 2.05) is 24.5 Å². The number of fused-ring (bicyclic) bond motifs is 1. The smallest absolute Gasteiger partial charge is 0.291 e. The van der Waals surface area contributed by atoms with Crippen molar-refractivity contribution in [1.29, 1.82) is 5.26 Å². The summed E-state index contributed by atoms with van der Waals surface area (Å²) in [6.45, 7) is 5.28. The fraction of sp³-hybridized carbons (Fsp3) is 0.400. The van der Waals surface area contributed by atoms with Crippen molar-refractivity contribution in [2.75, 3.05) is 11.9 Å². The lowest BCUT2D eigenvalue weighted by Crippen LogP contribution is -2.29. The van der Waals surface area contributed by atoms with Gasteiger partial charge in [0.05, 0.1) is 17.3 Å². The van der Waals surface area contributed by atoms with Gasteiger partial charge in [0, 0.05) is 18.8 Å². The maximum Gasteiger partial charge on any atom is 0.291 e. The predicted octanol–water partition coefficient (Wildman–Crippen LogP) is 2.73. The van der Waals surface area contributed by atoms with Gasteiger partial charge in [0.2, 0.25) is 0 Å². The highest BCUT2D eigenvalue weighted by Gasteiger charge is 2.27. The van der Waals surface area contributed by atoms with Gasteiger partial charge in [-0.1, -0.05) is 19.9 Å². The van der Waals surface area contributed by atoms with Crippen LogP contribution in [0.1, 0.15) is 59.1 Å². The summed E-state index contributed by atoms with van der Waals surface area (Å²) in [6.07, 6.45) is 2.65. The molecule has 3 rings (SSSR count). The molecule has 7 heteroatoms. The Morgan fingerprint density at radius 3 is 2.85 bits per heavy atom. The van der Waals surface area contributed by atoms with E-state index in [9.17, 15) is 9.59 Å². The molecule has 1 aromatic carbocycles. The molecule has 0 atom stereocenters. The second-order valence-corrected chi connectivity index (χ2v) is 7.09. The van der Waals surface area contributed by atoms with Gasteiger partial charge >= 0.3 is 0 Å². The fourth-order valence-electron chi connectivity index (χ4n) is 3.13. The maximum atomic E-state index is 12.8. The average Bonchev–Trinajstić information content (AvgIpc) is 3.06. The lowest BCUT2D eigenvalue weighted by Gasteiger charge is -2.17. The lowest BCUT2D eigenvalue weighted by atomic mass is 10.1. The van der Waals surface area contributed by atoms with Gasteiger partial charge in [0.1, 0.15) is 5.69 Å². The number of amides is 2. The number of aromatic nitrogens is 2. The summed E-state index contributed by atoms with van der Waals surface area (Å²) in [7, 11) is 0. The Morgan fingerprint density at radius 1 is 1.30 bits per heavy atom. The molecule has 0 spiro atoms. The number of rotatable bonds is 5. The Hall–Kier alpha value is -3.14. The van der Waals surface area contributed by atoms with Gasteiger partial charge in [-0.15, -0.1) is 0 Å². The van der Waals surface area contributed by atoms with E-state index in [1.165, 1.54) is 0 Å². The number of hydrogen-bond acceptors (Lipinski definition) is 4. The Bertz CT molecular complexity index is 908. The number of nitriles is 1. The zero-order valence-electron chi connectivity index (χ0n) is 15.6. The summed E-state index contributed by atoms with van der Waals surface area (Å²) >= 11 is 0. The molecule has 2 aromatic rings. The van der Waals surface area contributed by atoms with Crippen LogP contribution in [0, 0.1) is 17.2 Å². The first-order valence-electron chi connectivity index (χ1n) is 9.18.